The van der Waals surface area contributed by atoms with Crippen LogP contribution in [-0.2, 0) is 0 Å². The molecule has 2 heterocycles. The van der Waals surface area contributed by atoms with Gasteiger partial charge in [-0.05, 0) is 79.7 Å². The van der Waals surface area contributed by atoms with Crippen LogP contribution < -0.4 is 10.6 Å². The number of aliphatic imine (C=N–C) groups is 4. The van der Waals surface area contributed by atoms with E-state index < -0.39 is 0 Å². The Labute approximate surface area is 204 Å². The van der Waals surface area contributed by atoms with Crippen LogP contribution in [0.15, 0.2) is 44.3 Å². The Balaban J connectivity index is -0.000000422. The zero-order chi connectivity index (χ0) is 19.7. The number of hydrogen-bond acceptors (Lipinski definition) is 4. The van der Waals surface area contributed by atoms with Gasteiger partial charge < -0.3 is 13.5 Å². The average molecular weight is 448 g/mol. The number of rotatable bonds is 4. The van der Waals surface area contributed by atoms with E-state index in [9.17, 15) is 0 Å². The molecule has 148 valence electrons. The summed E-state index contributed by atoms with van der Waals surface area (Å²) < 4.78 is 0. The third-order valence-electron chi connectivity index (χ3n) is 2.90. The fourth-order valence-corrected chi connectivity index (χ4v) is 2.16. The van der Waals surface area contributed by atoms with Crippen molar-refractivity contribution >= 4 is 68.8 Å². The molecule has 0 amide bonds. The predicted molar refractivity (Wildman–Crippen MR) is 123 cm³/mol. The fourth-order valence-electron chi connectivity index (χ4n) is 2.16. The molecule has 0 aromatic rings. The summed E-state index contributed by atoms with van der Waals surface area (Å²) in [6, 6.07) is 1.30. The summed E-state index contributed by atoms with van der Waals surface area (Å²) in [6.07, 6.45) is 7.84. The summed E-state index contributed by atoms with van der Waals surface area (Å²) in [5.41, 5.74) is 0. The van der Waals surface area contributed by atoms with E-state index in [0.717, 1.165) is 23.3 Å². The molecule has 0 aromatic carbocycles. The number of nitrogens with one attached hydrogen (secondary N) is 2. The molecule has 0 aliphatic carbocycles. The van der Waals surface area contributed by atoms with E-state index in [4.69, 9.17) is 0 Å². The molecule has 2 N–H and O–H groups in total. The van der Waals surface area contributed by atoms with Crippen LogP contribution in [0.2, 0.25) is 0 Å². The van der Waals surface area contributed by atoms with Crippen molar-refractivity contribution in [1.82, 2.24) is 10.6 Å². The topological polar surface area (TPSA) is 73.5 Å². The predicted octanol–water partition coefficient (Wildman–Crippen LogP) is 3.36. The SMILES string of the molecule is CC(C)N=C1C=CC(=NC(C)C)N1.CC(C)N=C1C=CC(=NC(C)C)N1.[H-].[H-].[Sr+2]. The maximum atomic E-state index is 4.37. The van der Waals surface area contributed by atoms with E-state index >= 15 is 0 Å². The Morgan fingerprint density at radius 1 is 0.519 bits per heavy atom. The molecular formula is C20H36N6Sr. The molecule has 6 nitrogen and oxygen atoms in total. The second kappa shape index (κ2) is 13.4. The van der Waals surface area contributed by atoms with Crippen molar-refractivity contribution in [3.8, 4) is 0 Å². The van der Waals surface area contributed by atoms with Crippen LogP contribution >= 0.6 is 0 Å². The Kier molecular flexibility index (Phi) is 13.0. The third kappa shape index (κ3) is 12.3. The van der Waals surface area contributed by atoms with E-state index in [1.54, 1.807) is 0 Å². The summed E-state index contributed by atoms with van der Waals surface area (Å²) >= 11 is 0. The van der Waals surface area contributed by atoms with Gasteiger partial charge in [-0.2, -0.15) is 0 Å². The van der Waals surface area contributed by atoms with Crippen LogP contribution in [0.3, 0.4) is 0 Å². The summed E-state index contributed by atoms with van der Waals surface area (Å²) in [5.74, 6) is 3.65. The molecule has 0 spiro atoms. The van der Waals surface area contributed by atoms with Crippen molar-refractivity contribution < 1.29 is 2.85 Å². The average Bonchev–Trinajstić information content (AvgIpc) is 3.07. The molecule has 0 bridgehead atoms. The number of hydrogen-bond donors (Lipinski definition) is 2. The van der Waals surface area contributed by atoms with Gasteiger partial charge in [-0.25, -0.2) is 0 Å². The minimum absolute atomic E-state index is 0. The number of nitrogens with zero attached hydrogens (tertiary/aromatic N) is 4. The Morgan fingerprint density at radius 3 is 0.852 bits per heavy atom. The monoisotopic (exact) mass is 448 g/mol. The minimum Gasteiger partial charge on any atom is -1.00 e. The van der Waals surface area contributed by atoms with Gasteiger partial charge in [-0.1, -0.05) is 0 Å². The molecule has 2 aliphatic heterocycles. The molecule has 7 heteroatoms. The van der Waals surface area contributed by atoms with Gasteiger partial charge >= 0.3 is 45.5 Å². The van der Waals surface area contributed by atoms with E-state index in [0.29, 0.717) is 24.2 Å². The van der Waals surface area contributed by atoms with Gasteiger partial charge in [-0.3, -0.25) is 20.0 Å². The van der Waals surface area contributed by atoms with Crippen LogP contribution in [0.1, 0.15) is 58.2 Å². The summed E-state index contributed by atoms with van der Waals surface area (Å²) in [5, 5.41) is 6.28. The van der Waals surface area contributed by atoms with Crippen LogP contribution in [0, 0.1) is 0 Å². The van der Waals surface area contributed by atoms with E-state index in [-0.39, 0.29) is 48.3 Å². The smallest absolute Gasteiger partial charge is 1.00 e. The van der Waals surface area contributed by atoms with Gasteiger partial charge in [0.15, 0.2) is 0 Å². The first-order chi connectivity index (χ1) is 12.2. The molecular weight excluding hydrogens is 412 g/mol. The first-order valence-electron chi connectivity index (χ1n) is 9.37. The van der Waals surface area contributed by atoms with E-state index in [2.05, 4.69) is 86.0 Å². The van der Waals surface area contributed by atoms with Gasteiger partial charge in [0.25, 0.3) is 0 Å². The van der Waals surface area contributed by atoms with Crippen molar-refractivity contribution in [1.29, 1.82) is 0 Å². The summed E-state index contributed by atoms with van der Waals surface area (Å²) in [6.45, 7) is 16.4. The maximum absolute atomic E-state index is 4.37. The first kappa shape index (κ1) is 26.2. The van der Waals surface area contributed by atoms with Crippen molar-refractivity contribution in [3.63, 3.8) is 0 Å². The molecule has 0 unspecified atom stereocenters. The molecule has 0 radical (unpaired) electrons. The Bertz CT molecular complexity index is 539. The first-order valence-corrected chi connectivity index (χ1v) is 9.37. The quantitative estimate of drug-likeness (QED) is 0.648. The standard InChI is InChI=1S/2C10H17N3.Sr.2H/c2*1-7(2)11-9-5-6-10(13-9)12-8(3)4;;;/h2*5-8H,1-4H3,(H,11,12,13);;;/q;;+2;2*-1. The minimum atomic E-state index is 0. The molecule has 0 atom stereocenters. The third-order valence-corrected chi connectivity index (χ3v) is 2.90. The van der Waals surface area contributed by atoms with E-state index in [1.165, 1.54) is 0 Å². The molecule has 0 fully saturated rings. The second-order valence-corrected chi connectivity index (χ2v) is 7.35. The summed E-state index contributed by atoms with van der Waals surface area (Å²) in [4.78, 5) is 17.5. The Morgan fingerprint density at radius 2 is 0.704 bits per heavy atom. The van der Waals surface area contributed by atoms with Gasteiger partial charge in [0.2, 0.25) is 0 Å². The zero-order valence-corrected chi connectivity index (χ0v) is 21.6. The molecule has 0 saturated heterocycles. The normalized spacial score (nSPS) is 21.5. The molecule has 0 saturated carbocycles. The van der Waals surface area contributed by atoms with Gasteiger partial charge in [0.1, 0.15) is 23.3 Å². The molecule has 2 rings (SSSR count). The van der Waals surface area contributed by atoms with Gasteiger partial charge in [-0.15, -0.1) is 0 Å². The van der Waals surface area contributed by atoms with Crippen LogP contribution in [-0.4, -0.2) is 93.0 Å². The molecule has 2 aliphatic rings. The number of amidine groups is 4. The maximum Gasteiger partial charge on any atom is 2.00 e. The fraction of sp³-hybridized carbons (Fsp3) is 0.600. The Hall–Kier alpha value is -0.759. The largest absolute Gasteiger partial charge is 2.00 e. The zero-order valence-electron chi connectivity index (χ0n) is 20.1. The molecule has 27 heavy (non-hydrogen) atoms. The van der Waals surface area contributed by atoms with Gasteiger partial charge in [0.05, 0.1) is 0 Å². The second-order valence-electron chi connectivity index (χ2n) is 7.35. The van der Waals surface area contributed by atoms with Crippen LogP contribution in [0.4, 0.5) is 0 Å². The van der Waals surface area contributed by atoms with Crippen LogP contribution in [0.25, 0.3) is 0 Å². The van der Waals surface area contributed by atoms with E-state index in [1.807, 2.05) is 24.3 Å². The van der Waals surface area contributed by atoms with Crippen molar-refractivity contribution in [2.75, 3.05) is 0 Å². The van der Waals surface area contributed by atoms with Crippen LogP contribution in [0.5, 0.6) is 0 Å². The van der Waals surface area contributed by atoms with Gasteiger partial charge in [0, 0.05) is 24.2 Å². The molecule has 0 aromatic heterocycles. The van der Waals surface area contributed by atoms with Crippen molar-refractivity contribution in [2.45, 2.75) is 79.6 Å². The summed E-state index contributed by atoms with van der Waals surface area (Å²) in [7, 11) is 0. The van der Waals surface area contributed by atoms with Crippen molar-refractivity contribution in [3.05, 3.63) is 24.3 Å². The van der Waals surface area contributed by atoms with Crippen molar-refractivity contribution in [2.24, 2.45) is 20.0 Å².